The van der Waals surface area contributed by atoms with Crippen LogP contribution in [-0.4, -0.2) is 52.8 Å². The van der Waals surface area contributed by atoms with E-state index >= 15 is 0 Å². The number of carbonyl (C=O) groups excluding carboxylic acids is 2. The lowest BCUT2D eigenvalue weighted by atomic mass is 10.1. The summed E-state index contributed by atoms with van der Waals surface area (Å²) in [7, 11) is 0. The zero-order valence-electron chi connectivity index (χ0n) is 15.1. The van der Waals surface area contributed by atoms with E-state index in [1.165, 1.54) is 17.6 Å². The summed E-state index contributed by atoms with van der Waals surface area (Å²) >= 11 is 1.50. The number of hydrogen-bond acceptors (Lipinski definition) is 6. The summed E-state index contributed by atoms with van der Waals surface area (Å²) < 4.78 is 11.0. The molecule has 1 fully saturated rings. The average molecular weight is 397 g/mol. The van der Waals surface area contributed by atoms with Crippen molar-refractivity contribution in [3.8, 4) is 5.75 Å². The molecule has 0 unspecified atom stereocenters. The molecule has 2 aromatic heterocycles. The Morgan fingerprint density at radius 2 is 1.79 bits per heavy atom. The van der Waals surface area contributed by atoms with Gasteiger partial charge in [-0.05, 0) is 24.3 Å². The maximum Gasteiger partial charge on any atom is 0.289 e. The smallest absolute Gasteiger partial charge is 0.289 e. The molecule has 2 amide bonds. The molecule has 7 nitrogen and oxygen atoms in total. The second kappa shape index (κ2) is 8.26. The summed E-state index contributed by atoms with van der Waals surface area (Å²) in [4.78, 5) is 33.0. The Hall–Kier alpha value is -3.13. The van der Waals surface area contributed by atoms with Crippen LogP contribution in [0.5, 0.6) is 5.75 Å². The first-order chi connectivity index (χ1) is 13.7. The molecule has 1 saturated heterocycles. The van der Waals surface area contributed by atoms with Crippen LogP contribution in [-0.2, 0) is 6.61 Å². The Morgan fingerprint density at radius 3 is 2.46 bits per heavy atom. The van der Waals surface area contributed by atoms with Gasteiger partial charge in [-0.3, -0.25) is 9.59 Å². The number of amides is 2. The summed E-state index contributed by atoms with van der Waals surface area (Å²) in [6.07, 6.45) is 1.48. The average Bonchev–Trinajstić information content (AvgIpc) is 3.46. The second-order valence-corrected chi connectivity index (χ2v) is 7.05. The number of hydrogen-bond donors (Lipinski definition) is 0. The van der Waals surface area contributed by atoms with Crippen LogP contribution in [0.3, 0.4) is 0 Å². The standard InChI is InChI=1S/C20H19N3O4S/c24-19(16-4-1-2-5-17(16)27-12-15-13-28-14-21-15)22-7-9-23(10-8-22)20(25)18-6-3-11-26-18/h1-6,11,13-14H,7-10,12H2. The first kappa shape index (κ1) is 18.2. The number of ether oxygens (including phenoxy) is 1. The Bertz CT molecular complexity index is 932. The Kier molecular flexibility index (Phi) is 5.38. The molecule has 8 heteroatoms. The minimum atomic E-state index is -0.149. The van der Waals surface area contributed by atoms with Crippen molar-refractivity contribution in [2.24, 2.45) is 0 Å². The Labute approximate surface area is 166 Å². The van der Waals surface area contributed by atoms with Crippen LogP contribution in [0.4, 0.5) is 0 Å². The van der Waals surface area contributed by atoms with E-state index in [-0.39, 0.29) is 11.8 Å². The van der Waals surface area contributed by atoms with Crippen LogP contribution in [0.25, 0.3) is 0 Å². The van der Waals surface area contributed by atoms with Gasteiger partial charge in [0.2, 0.25) is 0 Å². The van der Waals surface area contributed by atoms with Gasteiger partial charge in [-0.2, -0.15) is 0 Å². The first-order valence-corrected chi connectivity index (χ1v) is 9.87. The van der Waals surface area contributed by atoms with Gasteiger partial charge in [-0.25, -0.2) is 4.98 Å². The zero-order chi connectivity index (χ0) is 19.3. The van der Waals surface area contributed by atoms with Crippen molar-refractivity contribution in [2.45, 2.75) is 6.61 Å². The lowest BCUT2D eigenvalue weighted by molar-refractivity contribution is 0.0515. The number of carbonyl (C=O) groups is 2. The number of aromatic nitrogens is 1. The Balaban J connectivity index is 1.39. The number of piperazine rings is 1. The van der Waals surface area contributed by atoms with Crippen LogP contribution in [0.15, 0.2) is 58.0 Å². The van der Waals surface area contributed by atoms with Crippen LogP contribution in [0.1, 0.15) is 26.6 Å². The number of nitrogens with zero attached hydrogens (tertiary/aromatic N) is 3. The predicted octanol–water partition coefficient (Wildman–Crippen LogP) is 2.91. The molecule has 1 aromatic carbocycles. The molecule has 4 rings (SSSR count). The van der Waals surface area contributed by atoms with Gasteiger partial charge in [0.05, 0.1) is 23.0 Å². The van der Waals surface area contributed by atoms with Crippen LogP contribution in [0, 0.1) is 0 Å². The highest BCUT2D eigenvalue weighted by atomic mass is 32.1. The van der Waals surface area contributed by atoms with Crippen molar-refractivity contribution in [1.82, 2.24) is 14.8 Å². The number of benzene rings is 1. The van der Waals surface area contributed by atoms with E-state index in [1.807, 2.05) is 17.5 Å². The summed E-state index contributed by atoms with van der Waals surface area (Å²) in [5, 5.41) is 1.92. The third-order valence-corrected chi connectivity index (χ3v) is 5.20. The number of para-hydroxylation sites is 1. The molecule has 0 spiro atoms. The van der Waals surface area contributed by atoms with E-state index in [2.05, 4.69) is 4.98 Å². The quantitative estimate of drug-likeness (QED) is 0.662. The fourth-order valence-electron chi connectivity index (χ4n) is 3.07. The SMILES string of the molecule is O=C(c1ccco1)N1CCN(C(=O)c2ccccc2OCc2cscn2)CC1. The van der Waals surface area contributed by atoms with Crippen LogP contribution in [0.2, 0.25) is 0 Å². The fraction of sp³-hybridized carbons (Fsp3) is 0.250. The van der Waals surface area contributed by atoms with Crippen LogP contribution < -0.4 is 4.74 Å². The summed E-state index contributed by atoms with van der Waals surface area (Å²) in [6.45, 7) is 2.18. The first-order valence-electron chi connectivity index (χ1n) is 8.93. The molecular weight excluding hydrogens is 378 g/mol. The highest BCUT2D eigenvalue weighted by molar-refractivity contribution is 7.07. The molecule has 0 atom stereocenters. The third-order valence-electron chi connectivity index (χ3n) is 4.56. The summed E-state index contributed by atoms with van der Waals surface area (Å²) in [5.74, 6) is 0.609. The summed E-state index contributed by atoms with van der Waals surface area (Å²) in [6, 6.07) is 10.5. The van der Waals surface area contributed by atoms with E-state index < -0.39 is 0 Å². The highest BCUT2D eigenvalue weighted by Crippen LogP contribution is 2.22. The summed E-state index contributed by atoms with van der Waals surface area (Å²) in [5.41, 5.74) is 3.10. The van der Waals surface area contributed by atoms with Crippen LogP contribution >= 0.6 is 11.3 Å². The molecule has 3 aromatic rings. The maximum atomic E-state index is 13.0. The number of furan rings is 1. The molecule has 0 aliphatic carbocycles. The zero-order valence-corrected chi connectivity index (χ0v) is 15.9. The van der Waals surface area contributed by atoms with Crippen molar-refractivity contribution in [3.05, 3.63) is 70.6 Å². The van der Waals surface area contributed by atoms with E-state index in [0.717, 1.165) is 5.69 Å². The number of thiazole rings is 1. The van der Waals surface area contributed by atoms with Gasteiger partial charge in [-0.15, -0.1) is 11.3 Å². The van der Waals surface area contributed by atoms with Crippen molar-refractivity contribution in [3.63, 3.8) is 0 Å². The molecular formula is C20H19N3O4S. The molecule has 1 aliphatic heterocycles. The monoisotopic (exact) mass is 397 g/mol. The lowest BCUT2D eigenvalue weighted by Crippen LogP contribution is -2.50. The van der Waals surface area contributed by atoms with Crippen molar-refractivity contribution in [1.29, 1.82) is 0 Å². The van der Waals surface area contributed by atoms with Gasteiger partial charge in [0.15, 0.2) is 5.76 Å². The van der Waals surface area contributed by atoms with Gasteiger partial charge in [0, 0.05) is 31.6 Å². The van der Waals surface area contributed by atoms with E-state index in [4.69, 9.17) is 9.15 Å². The third kappa shape index (κ3) is 3.91. The normalized spacial score (nSPS) is 14.1. The maximum absolute atomic E-state index is 13.0. The van der Waals surface area contributed by atoms with Gasteiger partial charge >= 0.3 is 0 Å². The van der Waals surface area contributed by atoms with E-state index in [9.17, 15) is 9.59 Å². The minimum Gasteiger partial charge on any atom is -0.486 e. The Morgan fingerprint density at radius 1 is 1.04 bits per heavy atom. The fourth-order valence-corrected chi connectivity index (χ4v) is 3.61. The van der Waals surface area contributed by atoms with Gasteiger partial charge in [-0.1, -0.05) is 12.1 Å². The molecule has 144 valence electrons. The minimum absolute atomic E-state index is 0.0982. The van der Waals surface area contributed by atoms with Gasteiger partial charge < -0.3 is 19.0 Å². The topological polar surface area (TPSA) is 75.9 Å². The molecule has 0 bridgehead atoms. The number of rotatable bonds is 5. The highest BCUT2D eigenvalue weighted by Gasteiger charge is 2.27. The second-order valence-electron chi connectivity index (χ2n) is 6.33. The van der Waals surface area contributed by atoms with Crippen molar-refractivity contribution >= 4 is 23.2 Å². The molecule has 3 heterocycles. The van der Waals surface area contributed by atoms with E-state index in [1.54, 1.807) is 39.6 Å². The van der Waals surface area contributed by atoms with Gasteiger partial charge in [0.1, 0.15) is 12.4 Å². The predicted molar refractivity (Wildman–Crippen MR) is 103 cm³/mol. The van der Waals surface area contributed by atoms with E-state index in [0.29, 0.717) is 49.9 Å². The molecule has 1 aliphatic rings. The van der Waals surface area contributed by atoms with Crippen molar-refractivity contribution in [2.75, 3.05) is 26.2 Å². The van der Waals surface area contributed by atoms with Crippen molar-refractivity contribution < 1.29 is 18.7 Å². The molecule has 0 saturated carbocycles. The lowest BCUT2D eigenvalue weighted by Gasteiger charge is -2.34. The largest absolute Gasteiger partial charge is 0.486 e. The van der Waals surface area contributed by atoms with Gasteiger partial charge in [0.25, 0.3) is 11.8 Å². The molecule has 0 N–H and O–H groups in total. The molecule has 28 heavy (non-hydrogen) atoms. The molecule has 0 radical (unpaired) electrons.